The fourth-order valence-electron chi connectivity index (χ4n) is 1.62. The van der Waals surface area contributed by atoms with Crippen LogP contribution in [0.4, 0.5) is 0 Å². The molecule has 0 aliphatic rings. The Bertz CT molecular complexity index is 570. The molecule has 110 valence electrons. The number of amides is 1. The van der Waals surface area contributed by atoms with Gasteiger partial charge in [-0.25, -0.2) is 4.79 Å². The van der Waals surface area contributed by atoms with E-state index in [1.54, 1.807) is 27.7 Å². The van der Waals surface area contributed by atoms with Gasteiger partial charge in [0, 0.05) is 11.2 Å². The Morgan fingerprint density at radius 2 is 1.80 bits per heavy atom. The number of carbonyl (C=O) groups is 3. The molecule has 0 radical (unpaired) electrons. The molecule has 1 amide bonds. The number of ether oxygens (including phenoxy) is 1. The molecule has 0 saturated carbocycles. The summed E-state index contributed by atoms with van der Waals surface area (Å²) in [6.07, 6.45) is 0. The monoisotopic (exact) mass is 300 g/mol. The highest BCUT2D eigenvalue weighted by atomic mass is 35.5. The number of hydrogen-bond donors (Lipinski definition) is 2. The molecule has 0 aromatic carbocycles. The molecule has 1 aromatic heterocycles. The van der Waals surface area contributed by atoms with Crippen LogP contribution in [0, 0.1) is 6.92 Å². The third-order valence-electron chi connectivity index (χ3n) is 2.44. The quantitative estimate of drug-likeness (QED) is 0.506. The topological polar surface area (TPSA) is 88.3 Å². The number of halogens is 1. The highest BCUT2D eigenvalue weighted by Crippen LogP contribution is 2.25. The Kier molecular flexibility index (Phi) is 4.60. The van der Waals surface area contributed by atoms with Crippen molar-refractivity contribution in [2.75, 3.05) is 7.11 Å². The van der Waals surface area contributed by atoms with Gasteiger partial charge in [0.1, 0.15) is 5.69 Å². The number of aromatic amines is 1. The second-order valence-corrected chi connectivity index (χ2v) is 5.72. The first-order valence-electron chi connectivity index (χ1n) is 5.91. The largest absolute Gasteiger partial charge is 0.464 e. The fraction of sp³-hybridized carbons (Fsp3) is 0.462. The summed E-state index contributed by atoms with van der Waals surface area (Å²) in [5, 5.41) is 2.44. The predicted octanol–water partition coefficient (Wildman–Crippen LogP) is 1.86. The van der Waals surface area contributed by atoms with Crippen LogP contribution in [0.1, 0.15) is 47.3 Å². The predicted molar refractivity (Wildman–Crippen MR) is 74.1 cm³/mol. The van der Waals surface area contributed by atoms with Crippen molar-refractivity contribution in [3.05, 3.63) is 22.0 Å². The number of hydrogen-bond acceptors (Lipinski definition) is 4. The van der Waals surface area contributed by atoms with Crippen LogP contribution in [0.15, 0.2) is 0 Å². The molecule has 1 heterocycles. The van der Waals surface area contributed by atoms with Gasteiger partial charge >= 0.3 is 5.97 Å². The van der Waals surface area contributed by atoms with Crippen molar-refractivity contribution in [2.45, 2.75) is 33.2 Å². The van der Waals surface area contributed by atoms with Gasteiger partial charge < -0.3 is 15.0 Å². The Labute approximate surface area is 121 Å². The van der Waals surface area contributed by atoms with E-state index in [1.807, 2.05) is 0 Å². The van der Waals surface area contributed by atoms with Crippen molar-refractivity contribution < 1.29 is 19.1 Å². The smallest absolute Gasteiger partial charge is 0.356 e. The zero-order chi connectivity index (χ0) is 15.7. The van der Waals surface area contributed by atoms with Gasteiger partial charge in [-0.05, 0) is 27.7 Å². The highest BCUT2D eigenvalue weighted by Gasteiger charge is 2.29. The van der Waals surface area contributed by atoms with Crippen molar-refractivity contribution in [1.29, 1.82) is 0 Å². The maximum atomic E-state index is 12.1. The van der Waals surface area contributed by atoms with Crippen molar-refractivity contribution in [1.82, 2.24) is 10.3 Å². The minimum absolute atomic E-state index is 0.0196. The van der Waals surface area contributed by atoms with Crippen LogP contribution in [0.25, 0.3) is 0 Å². The molecule has 0 spiro atoms. The lowest BCUT2D eigenvalue weighted by Gasteiger charge is -2.19. The zero-order valence-electron chi connectivity index (χ0n) is 12.0. The van der Waals surface area contributed by atoms with Crippen LogP contribution < -0.4 is 5.32 Å². The second-order valence-electron chi connectivity index (χ2n) is 5.34. The minimum atomic E-state index is -0.797. The summed E-state index contributed by atoms with van der Waals surface area (Å²) in [5.41, 5.74) is -0.272. The average molecular weight is 301 g/mol. The van der Waals surface area contributed by atoms with Crippen LogP contribution in [-0.2, 0) is 9.53 Å². The normalized spacial score (nSPS) is 11.1. The van der Waals surface area contributed by atoms with Crippen LogP contribution in [0.5, 0.6) is 0 Å². The Morgan fingerprint density at radius 3 is 2.25 bits per heavy atom. The number of carbonyl (C=O) groups excluding carboxylic acids is 3. The average Bonchev–Trinajstić information content (AvgIpc) is 2.61. The molecule has 0 aliphatic heterocycles. The summed E-state index contributed by atoms with van der Waals surface area (Å²) in [4.78, 5) is 38.1. The number of aryl methyl sites for hydroxylation is 1. The van der Waals surface area contributed by atoms with Gasteiger partial charge in [0.25, 0.3) is 11.7 Å². The summed E-state index contributed by atoms with van der Waals surface area (Å²) in [7, 11) is 1.20. The van der Waals surface area contributed by atoms with Gasteiger partial charge in [-0.1, -0.05) is 11.6 Å². The molecule has 7 heteroatoms. The first-order valence-corrected chi connectivity index (χ1v) is 6.29. The molecule has 20 heavy (non-hydrogen) atoms. The molecular weight excluding hydrogens is 284 g/mol. The molecule has 6 nitrogen and oxygen atoms in total. The number of nitrogens with one attached hydrogen (secondary N) is 2. The van der Waals surface area contributed by atoms with E-state index in [-0.39, 0.29) is 16.3 Å². The first-order chi connectivity index (χ1) is 9.08. The summed E-state index contributed by atoms with van der Waals surface area (Å²) in [5.74, 6) is -2.28. The third kappa shape index (κ3) is 3.39. The minimum Gasteiger partial charge on any atom is -0.464 e. The molecule has 0 saturated heterocycles. The third-order valence-corrected chi connectivity index (χ3v) is 2.82. The van der Waals surface area contributed by atoms with Crippen molar-refractivity contribution >= 4 is 29.3 Å². The Hall–Kier alpha value is -1.82. The van der Waals surface area contributed by atoms with Gasteiger partial charge in [-0.2, -0.15) is 0 Å². The van der Waals surface area contributed by atoms with Crippen molar-refractivity contribution in [3.8, 4) is 0 Å². The van der Waals surface area contributed by atoms with E-state index >= 15 is 0 Å². The van der Waals surface area contributed by atoms with Crippen molar-refractivity contribution in [3.63, 3.8) is 0 Å². The molecule has 0 unspecified atom stereocenters. The van der Waals surface area contributed by atoms with Crippen LogP contribution in [0.2, 0.25) is 5.02 Å². The number of methoxy groups -OCH3 is 1. The first kappa shape index (κ1) is 16.2. The molecule has 1 aromatic rings. The maximum absolute atomic E-state index is 12.1. The molecule has 2 N–H and O–H groups in total. The van der Waals surface area contributed by atoms with E-state index in [0.717, 1.165) is 0 Å². The van der Waals surface area contributed by atoms with Gasteiger partial charge in [-0.3, -0.25) is 9.59 Å². The van der Waals surface area contributed by atoms with E-state index in [1.165, 1.54) is 7.11 Å². The fourth-order valence-corrected chi connectivity index (χ4v) is 1.97. The van der Waals surface area contributed by atoms with E-state index in [2.05, 4.69) is 15.0 Å². The molecule has 0 atom stereocenters. The number of ketones is 1. The Balaban J connectivity index is 3.15. The van der Waals surface area contributed by atoms with Crippen LogP contribution in [-0.4, -0.2) is 35.3 Å². The number of aromatic nitrogens is 1. The second kappa shape index (κ2) is 5.66. The van der Waals surface area contributed by atoms with Crippen molar-refractivity contribution in [2.24, 2.45) is 0 Å². The number of rotatable bonds is 3. The number of Topliss-reactive ketones (excluding diaryl/α,β-unsaturated/α-hetero) is 1. The molecule has 0 aliphatic carbocycles. The van der Waals surface area contributed by atoms with Crippen LogP contribution in [0.3, 0.4) is 0 Å². The van der Waals surface area contributed by atoms with E-state index in [9.17, 15) is 14.4 Å². The van der Waals surface area contributed by atoms with Gasteiger partial charge in [0.2, 0.25) is 0 Å². The lowest BCUT2D eigenvalue weighted by molar-refractivity contribution is -0.118. The van der Waals surface area contributed by atoms with Gasteiger partial charge in [0.05, 0.1) is 17.7 Å². The summed E-state index contributed by atoms with van der Waals surface area (Å²) in [6.45, 7) is 6.81. The number of esters is 1. The zero-order valence-corrected chi connectivity index (χ0v) is 12.8. The Morgan fingerprint density at radius 1 is 1.25 bits per heavy atom. The summed E-state index contributed by atoms with van der Waals surface area (Å²) >= 11 is 5.98. The summed E-state index contributed by atoms with van der Waals surface area (Å²) < 4.78 is 4.54. The highest BCUT2D eigenvalue weighted by molar-refractivity contribution is 6.48. The standard InChI is InChI=1S/C13H17ClN2O4/c1-6-7(8(14)9(15-6)12(19)20-5)10(17)11(18)16-13(2,3)4/h15H,1-5H3,(H,16,18). The SMILES string of the molecule is COC(=O)c1[nH]c(C)c(C(=O)C(=O)NC(C)(C)C)c1Cl. The van der Waals surface area contributed by atoms with Gasteiger partial charge in [0.15, 0.2) is 0 Å². The lowest BCUT2D eigenvalue weighted by atomic mass is 10.1. The summed E-state index contributed by atoms with van der Waals surface area (Å²) in [6, 6.07) is 0. The number of H-pyrrole nitrogens is 1. The molecule has 0 bridgehead atoms. The molecular formula is C13H17ClN2O4. The maximum Gasteiger partial charge on any atom is 0.356 e. The van der Waals surface area contributed by atoms with E-state index in [0.29, 0.717) is 5.69 Å². The van der Waals surface area contributed by atoms with Crippen LogP contribution >= 0.6 is 11.6 Å². The van der Waals surface area contributed by atoms with Gasteiger partial charge in [-0.15, -0.1) is 0 Å². The molecule has 1 rings (SSSR count). The lowest BCUT2D eigenvalue weighted by Crippen LogP contribution is -2.44. The van der Waals surface area contributed by atoms with E-state index in [4.69, 9.17) is 11.6 Å². The van der Waals surface area contributed by atoms with E-state index < -0.39 is 23.2 Å². The molecule has 0 fully saturated rings.